The topological polar surface area (TPSA) is 93.0 Å². The predicted octanol–water partition coefficient (Wildman–Crippen LogP) is 0.933. The number of rotatable bonds is 9. The van der Waals surface area contributed by atoms with Crippen LogP contribution in [0.2, 0.25) is 0 Å². The van der Waals surface area contributed by atoms with Crippen molar-refractivity contribution >= 4 is 6.08 Å². The van der Waals surface area contributed by atoms with Gasteiger partial charge in [-0.2, -0.15) is 0 Å². The van der Waals surface area contributed by atoms with Gasteiger partial charge in [-0.05, 0) is 11.1 Å². The largest absolute Gasteiger partial charge is 0.394 e. The van der Waals surface area contributed by atoms with E-state index in [9.17, 15) is 15.3 Å². The van der Waals surface area contributed by atoms with Crippen molar-refractivity contribution in [2.45, 2.75) is 30.9 Å². The Bertz CT molecular complexity index is 633. The van der Waals surface area contributed by atoms with Crippen LogP contribution < -0.4 is 5.32 Å². The molecule has 2 aromatic rings. The van der Waals surface area contributed by atoms with Crippen molar-refractivity contribution in [1.82, 2.24) is 5.32 Å². The second-order valence-electron chi connectivity index (χ2n) is 5.89. The molecule has 25 heavy (non-hydrogen) atoms. The molecule has 5 N–H and O–H groups in total. The van der Waals surface area contributed by atoms with E-state index < -0.39 is 31.0 Å². The number of nitrogens with one attached hydrogen (secondary N) is 1. The van der Waals surface area contributed by atoms with E-state index >= 15 is 0 Å². The van der Waals surface area contributed by atoms with Gasteiger partial charge in [0.1, 0.15) is 18.3 Å². The summed E-state index contributed by atoms with van der Waals surface area (Å²) in [4.78, 5) is 0. The van der Waals surface area contributed by atoms with E-state index in [-0.39, 0.29) is 0 Å². The van der Waals surface area contributed by atoms with E-state index in [2.05, 4.69) is 5.32 Å². The summed E-state index contributed by atoms with van der Waals surface area (Å²) in [7, 11) is 0. The van der Waals surface area contributed by atoms with Crippen molar-refractivity contribution < 1.29 is 20.4 Å². The van der Waals surface area contributed by atoms with Gasteiger partial charge in [0, 0.05) is 6.54 Å². The molecule has 134 valence electrons. The van der Waals surface area contributed by atoms with Gasteiger partial charge in [0.15, 0.2) is 0 Å². The van der Waals surface area contributed by atoms with Crippen molar-refractivity contribution in [2.75, 3.05) is 6.61 Å². The average Bonchev–Trinajstić information content (AvgIpc) is 2.68. The molecule has 5 nitrogen and oxygen atoms in total. The second-order valence-corrected chi connectivity index (χ2v) is 5.89. The van der Waals surface area contributed by atoms with Gasteiger partial charge in [-0.15, -0.1) is 0 Å². The fourth-order valence-electron chi connectivity index (χ4n) is 2.46. The van der Waals surface area contributed by atoms with Crippen LogP contribution in [0.5, 0.6) is 0 Å². The third-order valence-electron chi connectivity index (χ3n) is 3.98. The van der Waals surface area contributed by atoms with Gasteiger partial charge in [-0.25, -0.2) is 0 Å². The molecule has 2 rings (SSSR count). The van der Waals surface area contributed by atoms with Gasteiger partial charge in [-0.3, -0.25) is 0 Å². The zero-order chi connectivity index (χ0) is 18.1. The first-order valence-corrected chi connectivity index (χ1v) is 8.27. The van der Waals surface area contributed by atoms with E-state index in [0.29, 0.717) is 6.54 Å². The van der Waals surface area contributed by atoms with E-state index in [4.69, 9.17) is 5.11 Å². The Labute approximate surface area is 147 Å². The van der Waals surface area contributed by atoms with Crippen LogP contribution in [0.4, 0.5) is 0 Å². The number of hydrogen-bond acceptors (Lipinski definition) is 5. The lowest BCUT2D eigenvalue weighted by molar-refractivity contribution is -0.0823. The molecule has 0 aliphatic heterocycles. The Hall–Kier alpha value is -2.02. The molecule has 5 heteroatoms. The lowest BCUT2D eigenvalue weighted by atomic mass is 9.99. The molecule has 2 aromatic carbocycles. The Morgan fingerprint density at radius 2 is 1.44 bits per heavy atom. The van der Waals surface area contributed by atoms with Crippen LogP contribution in [0, 0.1) is 0 Å². The highest BCUT2D eigenvalue weighted by molar-refractivity contribution is 5.49. The molecule has 0 radical (unpaired) electrons. The maximum Gasteiger partial charge on any atom is 0.110 e. The first-order chi connectivity index (χ1) is 12.1. The third kappa shape index (κ3) is 6.08. The van der Waals surface area contributed by atoms with Crippen molar-refractivity contribution in [3.63, 3.8) is 0 Å². The van der Waals surface area contributed by atoms with E-state index in [1.54, 1.807) is 6.08 Å². The van der Waals surface area contributed by atoms with Crippen LogP contribution in [0.3, 0.4) is 0 Å². The zero-order valence-corrected chi connectivity index (χ0v) is 13.9. The Morgan fingerprint density at radius 1 is 0.840 bits per heavy atom. The molecule has 4 atom stereocenters. The number of benzene rings is 2. The van der Waals surface area contributed by atoms with Crippen LogP contribution in [-0.2, 0) is 6.54 Å². The first-order valence-electron chi connectivity index (χ1n) is 8.27. The monoisotopic (exact) mass is 343 g/mol. The summed E-state index contributed by atoms with van der Waals surface area (Å²) in [6.07, 6.45) is -0.550. The molecule has 0 heterocycles. The summed E-state index contributed by atoms with van der Waals surface area (Å²) in [6.45, 7) is -0.129. The predicted molar refractivity (Wildman–Crippen MR) is 97.7 cm³/mol. The molecule has 0 saturated heterocycles. The fourth-order valence-corrected chi connectivity index (χ4v) is 2.46. The van der Waals surface area contributed by atoms with Gasteiger partial charge >= 0.3 is 0 Å². The molecular weight excluding hydrogens is 318 g/mol. The molecular formula is C20H25NO4. The van der Waals surface area contributed by atoms with Crippen LogP contribution >= 0.6 is 0 Å². The highest BCUT2D eigenvalue weighted by Gasteiger charge is 2.29. The number of aliphatic hydroxyl groups is 4. The van der Waals surface area contributed by atoms with E-state index in [1.807, 2.05) is 66.7 Å². The lowest BCUT2D eigenvalue weighted by Crippen LogP contribution is -2.50. The fraction of sp³-hybridized carbons (Fsp3) is 0.300. The van der Waals surface area contributed by atoms with Crippen LogP contribution in [-0.4, -0.2) is 51.4 Å². The summed E-state index contributed by atoms with van der Waals surface area (Å²) >= 11 is 0. The second kappa shape index (κ2) is 10.1. The summed E-state index contributed by atoms with van der Waals surface area (Å²) in [5.41, 5.74) is 1.99. The SMILES string of the molecule is OC[C@@H](O)[C@H](O)[C@H](O)[C@@H](/C=C/c1ccccc1)NCc1ccccc1. The summed E-state index contributed by atoms with van der Waals surface area (Å²) in [5.74, 6) is 0. The molecule has 0 amide bonds. The normalized spacial score (nSPS) is 16.5. The van der Waals surface area contributed by atoms with Crippen molar-refractivity contribution in [2.24, 2.45) is 0 Å². The van der Waals surface area contributed by atoms with Crippen molar-refractivity contribution in [3.05, 3.63) is 77.9 Å². The maximum atomic E-state index is 10.4. The standard InChI is InChI=1S/C20H25NO4/c22-14-18(23)20(25)19(24)17(12-11-15-7-3-1-4-8-15)21-13-16-9-5-2-6-10-16/h1-12,17-25H,13-14H2/b12-11+/t17-,18-,19-,20+/m1/s1. The maximum absolute atomic E-state index is 10.4. The first kappa shape index (κ1) is 19.3. The summed E-state index contributed by atoms with van der Waals surface area (Å²) < 4.78 is 0. The summed E-state index contributed by atoms with van der Waals surface area (Å²) in [5, 5.41) is 42.2. The molecule has 0 saturated carbocycles. The molecule has 0 unspecified atom stereocenters. The highest BCUT2D eigenvalue weighted by atomic mass is 16.4. The van der Waals surface area contributed by atoms with E-state index in [1.165, 1.54) is 0 Å². The molecule has 0 aromatic heterocycles. The molecule has 0 aliphatic carbocycles. The third-order valence-corrected chi connectivity index (χ3v) is 3.98. The molecule has 0 fully saturated rings. The Balaban J connectivity index is 2.10. The van der Waals surface area contributed by atoms with Gasteiger partial charge in [0.05, 0.1) is 12.6 Å². The molecule has 0 bridgehead atoms. The summed E-state index contributed by atoms with van der Waals surface area (Å²) in [6, 6.07) is 18.7. The number of hydrogen-bond donors (Lipinski definition) is 5. The molecule has 0 spiro atoms. The van der Waals surface area contributed by atoms with Gasteiger partial charge in [0.25, 0.3) is 0 Å². The highest BCUT2D eigenvalue weighted by Crippen LogP contribution is 2.10. The average molecular weight is 343 g/mol. The van der Waals surface area contributed by atoms with E-state index in [0.717, 1.165) is 11.1 Å². The van der Waals surface area contributed by atoms with Gasteiger partial charge in [0.2, 0.25) is 0 Å². The quantitative estimate of drug-likeness (QED) is 0.467. The Morgan fingerprint density at radius 3 is 2.04 bits per heavy atom. The van der Waals surface area contributed by atoms with Crippen LogP contribution in [0.1, 0.15) is 11.1 Å². The van der Waals surface area contributed by atoms with Crippen molar-refractivity contribution in [1.29, 1.82) is 0 Å². The van der Waals surface area contributed by atoms with Crippen LogP contribution in [0.15, 0.2) is 66.7 Å². The minimum atomic E-state index is -1.46. The minimum absolute atomic E-state index is 0.490. The van der Waals surface area contributed by atoms with Gasteiger partial charge in [-0.1, -0.05) is 72.8 Å². The molecule has 0 aliphatic rings. The smallest absolute Gasteiger partial charge is 0.110 e. The lowest BCUT2D eigenvalue weighted by Gasteiger charge is -2.28. The van der Waals surface area contributed by atoms with Crippen molar-refractivity contribution in [3.8, 4) is 0 Å². The zero-order valence-electron chi connectivity index (χ0n) is 13.9. The minimum Gasteiger partial charge on any atom is -0.394 e. The number of aliphatic hydroxyl groups excluding tert-OH is 4. The van der Waals surface area contributed by atoms with Gasteiger partial charge < -0.3 is 25.7 Å². The van der Waals surface area contributed by atoms with Crippen LogP contribution in [0.25, 0.3) is 6.08 Å². The Kier molecular flexibility index (Phi) is 7.78.